The number of anilines is 1. The van der Waals surface area contributed by atoms with Crippen LogP contribution in [-0.2, 0) is 9.59 Å². The van der Waals surface area contributed by atoms with Crippen molar-refractivity contribution in [3.05, 3.63) is 81.4 Å². The Balaban J connectivity index is 1.97. The zero-order valence-electron chi connectivity index (χ0n) is 14.8. The van der Waals surface area contributed by atoms with Crippen LogP contribution in [0.2, 0.25) is 0 Å². The third-order valence-electron chi connectivity index (χ3n) is 4.07. The number of nitrogens with one attached hydrogen (secondary N) is 1. The molecule has 136 valence electrons. The summed E-state index contributed by atoms with van der Waals surface area (Å²) in [5.74, 6) is -1.35. The molecule has 0 aliphatic carbocycles. The number of amides is 4. The lowest BCUT2D eigenvalue weighted by Gasteiger charge is -2.26. The maximum Gasteiger partial charge on any atom is 0.335 e. The first kappa shape index (κ1) is 18.8. The monoisotopic (exact) mass is 424 g/mol. The Bertz CT molecular complexity index is 994. The molecule has 1 aliphatic heterocycles. The molecule has 4 amide bonds. The topological polar surface area (TPSA) is 66.5 Å². The molecule has 0 unspecified atom stereocenters. The van der Waals surface area contributed by atoms with Crippen molar-refractivity contribution in [2.75, 3.05) is 4.90 Å². The summed E-state index contributed by atoms with van der Waals surface area (Å²) in [6, 6.07) is 13.9. The van der Waals surface area contributed by atoms with Crippen molar-refractivity contribution in [3.8, 4) is 0 Å². The number of barbiturate groups is 1. The number of nitrogens with zero attached hydrogens (tertiary/aromatic N) is 1. The molecule has 0 atom stereocenters. The Labute approximate surface area is 165 Å². The van der Waals surface area contributed by atoms with Gasteiger partial charge in [-0.05, 0) is 54.8 Å². The summed E-state index contributed by atoms with van der Waals surface area (Å²) in [5, 5.41) is 2.23. The molecular formula is C21H17BrN2O3. The van der Waals surface area contributed by atoms with Crippen molar-refractivity contribution in [1.82, 2.24) is 5.32 Å². The highest BCUT2D eigenvalue weighted by Crippen LogP contribution is 2.26. The average molecular weight is 425 g/mol. The molecule has 2 aromatic rings. The zero-order valence-corrected chi connectivity index (χ0v) is 16.4. The van der Waals surface area contributed by atoms with E-state index in [9.17, 15) is 14.4 Å². The van der Waals surface area contributed by atoms with Gasteiger partial charge in [0, 0.05) is 4.47 Å². The van der Waals surface area contributed by atoms with E-state index in [-0.39, 0.29) is 5.57 Å². The highest BCUT2D eigenvalue weighted by molar-refractivity contribution is 9.10. The van der Waals surface area contributed by atoms with Gasteiger partial charge in [0.2, 0.25) is 0 Å². The first-order valence-electron chi connectivity index (χ1n) is 8.28. The number of halogens is 1. The molecule has 3 rings (SSSR count). The molecule has 6 heteroatoms. The van der Waals surface area contributed by atoms with Crippen molar-refractivity contribution < 1.29 is 14.4 Å². The maximum atomic E-state index is 12.9. The molecule has 1 aliphatic rings. The van der Waals surface area contributed by atoms with Crippen LogP contribution in [0.3, 0.4) is 0 Å². The Morgan fingerprint density at radius 3 is 2.44 bits per heavy atom. The number of rotatable bonds is 3. The number of imide groups is 2. The molecule has 0 aromatic heterocycles. The molecular weight excluding hydrogens is 408 g/mol. The lowest BCUT2D eigenvalue weighted by molar-refractivity contribution is -0.122. The molecule has 0 spiro atoms. The Morgan fingerprint density at radius 2 is 1.78 bits per heavy atom. The normalized spacial score (nSPS) is 16.7. The van der Waals surface area contributed by atoms with Gasteiger partial charge in [0.05, 0.1) is 5.69 Å². The van der Waals surface area contributed by atoms with Gasteiger partial charge in [0.15, 0.2) is 0 Å². The van der Waals surface area contributed by atoms with E-state index in [1.165, 1.54) is 6.08 Å². The van der Waals surface area contributed by atoms with E-state index in [4.69, 9.17) is 0 Å². The van der Waals surface area contributed by atoms with Crippen LogP contribution in [0.25, 0.3) is 6.08 Å². The molecule has 5 nitrogen and oxygen atoms in total. The van der Waals surface area contributed by atoms with E-state index in [0.29, 0.717) is 5.69 Å². The predicted molar refractivity (Wildman–Crippen MR) is 108 cm³/mol. The number of hydrogen-bond donors (Lipinski definition) is 1. The second-order valence-electron chi connectivity index (χ2n) is 6.19. The van der Waals surface area contributed by atoms with Gasteiger partial charge >= 0.3 is 6.03 Å². The minimum atomic E-state index is -0.756. The molecule has 1 fully saturated rings. The third-order valence-corrected chi connectivity index (χ3v) is 4.96. The number of hydrogen-bond acceptors (Lipinski definition) is 3. The largest absolute Gasteiger partial charge is 0.335 e. The first-order chi connectivity index (χ1) is 12.9. The maximum absolute atomic E-state index is 12.9. The molecule has 0 radical (unpaired) electrons. The summed E-state index contributed by atoms with van der Waals surface area (Å²) in [5.41, 5.74) is 2.87. The Kier molecular flexibility index (Phi) is 5.37. The quantitative estimate of drug-likeness (QED) is 0.587. The number of benzene rings is 2. The van der Waals surface area contributed by atoms with Crippen LogP contribution in [0.1, 0.15) is 18.1 Å². The van der Waals surface area contributed by atoms with Crippen molar-refractivity contribution in [1.29, 1.82) is 0 Å². The zero-order chi connectivity index (χ0) is 19.6. The minimum Gasteiger partial charge on any atom is -0.273 e. The number of carbonyl (C=O) groups is 3. The SMILES string of the molecule is CC(=C\c1ccccc1)/C=C1\C(=O)NC(=O)N(c2ccc(Br)c(C)c2)C1=O. The van der Waals surface area contributed by atoms with E-state index < -0.39 is 17.8 Å². The van der Waals surface area contributed by atoms with Crippen LogP contribution in [0.5, 0.6) is 0 Å². The van der Waals surface area contributed by atoms with Crippen LogP contribution in [0.4, 0.5) is 10.5 Å². The molecule has 1 heterocycles. The summed E-state index contributed by atoms with van der Waals surface area (Å²) in [4.78, 5) is 38.3. The molecule has 1 saturated heterocycles. The van der Waals surface area contributed by atoms with Gasteiger partial charge in [-0.3, -0.25) is 14.9 Å². The number of urea groups is 1. The molecule has 27 heavy (non-hydrogen) atoms. The van der Waals surface area contributed by atoms with E-state index >= 15 is 0 Å². The highest BCUT2D eigenvalue weighted by Gasteiger charge is 2.36. The molecule has 0 bridgehead atoms. The van der Waals surface area contributed by atoms with Crippen LogP contribution < -0.4 is 10.2 Å². The summed E-state index contributed by atoms with van der Waals surface area (Å²) in [7, 11) is 0. The van der Waals surface area contributed by atoms with E-state index in [0.717, 1.165) is 26.1 Å². The molecule has 0 saturated carbocycles. The predicted octanol–water partition coefficient (Wildman–Crippen LogP) is 4.37. The molecule has 2 aromatic carbocycles. The van der Waals surface area contributed by atoms with E-state index in [1.54, 1.807) is 25.1 Å². The minimum absolute atomic E-state index is 0.0835. The van der Waals surface area contributed by atoms with Crippen LogP contribution in [0, 0.1) is 6.92 Å². The van der Waals surface area contributed by atoms with Crippen molar-refractivity contribution in [3.63, 3.8) is 0 Å². The third kappa shape index (κ3) is 4.06. The summed E-state index contributed by atoms with van der Waals surface area (Å²) < 4.78 is 0.865. The fraction of sp³-hybridized carbons (Fsp3) is 0.0952. The first-order valence-corrected chi connectivity index (χ1v) is 9.07. The summed E-state index contributed by atoms with van der Waals surface area (Å²) in [6.45, 7) is 3.65. The second-order valence-corrected chi connectivity index (χ2v) is 7.04. The van der Waals surface area contributed by atoms with Crippen molar-refractivity contribution >= 4 is 45.5 Å². The van der Waals surface area contributed by atoms with E-state index in [1.807, 2.05) is 43.3 Å². The standard InChI is InChI=1S/C21H17BrN2O3/c1-13(10-15-6-4-3-5-7-15)11-17-19(25)23-21(27)24(20(17)26)16-8-9-18(22)14(2)12-16/h3-12H,1-2H3,(H,23,25,27)/b13-10+,17-11+. The lowest BCUT2D eigenvalue weighted by atomic mass is 10.1. The van der Waals surface area contributed by atoms with Crippen LogP contribution in [0.15, 0.2) is 70.2 Å². The van der Waals surface area contributed by atoms with E-state index in [2.05, 4.69) is 21.2 Å². The average Bonchev–Trinajstić information content (AvgIpc) is 2.62. The number of allylic oxidation sites excluding steroid dienone is 2. The van der Waals surface area contributed by atoms with Crippen molar-refractivity contribution in [2.45, 2.75) is 13.8 Å². The van der Waals surface area contributed by atoms with Gasteiger partial charge < -0.3 is 0 Å². The Hall–Kier alpha value is -2.99. The number of carbonyl (C=O) groups excluding carboxylic acids is 3. The van der Waals surface area contributed by atoms with Crippen LogP contribution >= 0.6 is 15.9 Å². The summed E-state index contributed by atoms with van der Waals surface area (Å²) >= 11 is 3.39. The van der Waals surface area contributed by atoms with Crippen LogP contribution in [-0.4, -0.2) is 17.8 Å². The second kappa shape index (κ2) is 7.72. The molecule has 1 N–H and O–H groups in total. The lowest BCUT2D eigenvalue weighted by Crippen LogP contribution is -2.54. The van der Waals surface area contributed by atoms with Gasteiger partial charge in [-0.2, -0.15) is 0 Å². The fourth-order valence-electron chi connectivity index (χ4n) is 2.74. The van der Waals surface area contributed by atoms with Gasteiger partial charge in [0.25, 0.3) is 11.8 Å². The van der Waals surface area contributed by atoms with Gasteiger partial charge in [-0.25, -0.2) is 9.69 Å². The Morgan fingerprint density at radius 1 is 1.07 bits per heavy atom. The van der Waals surface area contributed by atoms with Gasteiger partial charge in [-0.1, -0.05) is 52.3 Å². The van der Waals surface area contributed by atoms with Gasteiger partial charge in [0.1, 0.15) is 5.57 Å². The summed E-state index contributed by atoms with van der Waals surface area (Å²) in [6.07, 6.45) is 3.36. The number of aryl methyl sites for hydroxylation is 1. The van der Waals surface area contributed by atoms with Gasteiger partial charge in [-0.15, -0.1) is 0 Å². The smallest absolute Gasteiger partial charge is 0.273 e. The fourth-order valence-corrected chi connectivity index (χ4v) is 2.99. The van der Waals surface area contributed by atoms with Crippen molar-refractivity contribution in [2.24, 2.45) is 0 Å². The highest BCUT2D eigenvalue weighted by atomic mass is 79.9.